The fraction of sp³-hybridized carbons (Fsp3) is 0.118. The van der Waals surface area contributed by atoms with E-state index in [2.05, 4.69) is 30.3 Å². The van der Waals surface area contributed by atoms with Crippen molar-refractivity contribution in [2.75, 3.05) is 0 Å². The molecule has 0 fully saturated rings. The first-order chi connectivity index (χ1) is 8.90. The molecular formula is C17H14O. The van der Waals surface area contributed by atoms with Gasteiger partial charge in [-0.3, -0.25) is 4.79 Å². The molecule has 1 heteroatoms. The Bertz CT molecular complexity index is 609. The van der Waals surface area contributed by atoms with E-state index in [9.17, 15) is 4.79 Å². The third-order valence-corrected chi connectivity index (χ3v) is 3.48. The van der Waals surface area contributed by atoms with Crippen molar-refractivity contribution in [2.45, 2.75) is 12.8 Å². The number of hydrogen-bond acceptors (Lipinski definition) is 1. The van der Waals surface area contributed by atoms with Crippen molar-refractivity contribution in [3.63, 3.8) is 0 Å². The van der Waals surface area contributed by atoms with Gasteiger partial charge in [-0.25, -0.2) is 0 Å². The summed E-state index contributed by atoms with van der Waals surface area (Å²) in [5.74, 6) is 0. The van der Waals surface area contributed by atoms with Gasteiger partial charge in [0.25, 0.3) is 0 Å². The van der Waals surface area contributed by atoms with Gasteiger partial charge in [0.05, 0.1) is 0 Å². The van der Waals surface area contributed by atoms with E-state index < -0.39 is 0 Å². The predicted octanol–water partition coefficient (Wildman–Crippen LogP) is 3.63. The first-order valence-electron chi connectivity index (χ1n) is 6.22. The molecule has 3 rings (SSSR count). The number of aryl methyl sites for hydroxylation is 1. The van der Waals surface area contributed by atoms with E-state index in [4.69, 9.17) is 0 Å². The molecule has 0 N–H and O–H groups in total. The molecule has 0 spiro atoms. The van der Waals surface area contributed by atoms with Crippen molar-refractivity contribution in [1.29, 1.82) is 0 Å². The normalized spacial score (nSPS) is 14.2. The Morgan fingerprint density at radius 3 is 2.33 bits per heavy atom. The quantitative estimate of drug-likeness (QED) is 0.725. The summed E-state index contributed by atoms with van der Waals surface area (Å²) in [6.07, 6.45) is 2.81. The zero-order chi connectivity index (χ0) is 12.4. The summed E-state index contributed by atoms with van der Waals surface area (Å²) in [6, 6.07) is 18.5. The molecule has 2 aromatic rings. The van der Waals surface area contributed by atoms with E-state index >= 15 is 0 Å². The molecule has 2 aromatic carbocycles. The van der Waals surface area contributed by atoms with Crippen LogP contribution in [0.2, 0.25) is 0 Å². The van der Waals surface area contributed by atoms with Crippen LogP contribution in [0.3, 0.4) is 0 Å². The minimum Gasteiger partial charge on any atom is -0.298 e. The molecule has 0 saturated carbocycles. The van der Waals surface area contributed by atoms with Crippen molar-refractivity contribution in [3.8, 4) is 0 Å². The molecule has 0 aromatic heterocycles. The lowest BCUT2D eigenvalue weighted by Crippen LogP contribution is -2.06. The Morgan fingerprint density at radius 2 is 1.56 bits per heavy atom. The third kappa shape index (κ3) is 1.78. The molecule has 0 saturated heterocycles. The highest BCUT2D eigenvalue weighted by Gasteiger charge is 2.19. The fourth-order valence-electron chi connectivity index (χ4n) is 2.61. The van der Waals surface area contributed by atoms with Crippen LogP contribution in [0, 0.1) is 0 Å². The average Bonchev–Trinajstić information content (AvgIpc) is 2.47. The Hall–Kier alpha value is -2.15. The molecule has 88 valence electrons. The molecule has 0 heterocycles. The maximum atomic E-state index is 11.3. The van der Waals surface area contributed by atoms with Gasteiger partial charge in [-0.05, 0) is 35.1 Å². The highest BCUT2D eigenvalue weighted by Crippen LogP contribution is 2.34. The molecule has 0 unspecified atom stereocenters. The van der Waals surface area contributed by atoms with E-state index in [1.165, 1.54) is 11.1 Å². The van der Waals surface area contributed by atoms with Gasteiger partial charge in [-0.2, -0.15) is 0 Å². The summed E-state index contributed by atoms with van der Waals surface area (Å²) >= 11 is 0. The van der Waals surface area contributed by atoms with Gasteiger partial charge in [0.1, 0.15) is 6.29 Å². The van der Waals surface area contributed by atoms with Crippen molar-refractivity contribution in [1.82, 2.24) is 0 Å². The molecule has 0 atom stereocenters. The number of carbonyl (C=O) groups excluding carboxylic acids is 1. The van der Waals surface area contributed by atoms with Crippen molar-refractivity contribution in [2.24, 2.45) is 0 Å². The summed E-state index contributed by atoms with van der Waals surface area (Å²) in [5, 5.41) is 0. The summed E-state index contributed by atoms with van der Waals surface area (Å²) in [7, 11) is 0. The standard InChI is InChI=1S/C17H14O/c18-12-15-11-10-13-6-4-5-9-16(13)17(15)14-7-2-1-3-8-14/h1-9,12H,10-11H2. The number of aldehydes is 1. The zero-order valence-corrected chi connectivity index (χ0v) is 10.1. The van der Waals surface area contributed by atoms with Crippen LogP contribution in [0.5, 0.6) is 0 Å². The van der Waals surface area contributed by atoms with Crippen LogP contribution < -0.4 is 0 Å². The lowest BCUT2D eigenvalue weighted by Gasteiger charge is -2.21. The number of rotatable bonds is 2. The second kappa shape index (κ2) is 4.61. The van der Waals surface area contributed by atoms with Crippen LogP contribution in [-0.2, 0) is 11.2 Å². The van der Waals surface area contributed by atoms with Crippen molar-refractivity contribution in [3.05, 3.63) is 76.9 Å². The topological polar surface area (TPSA) is 17.1 Å². The van der Waals surface area contributed by atoms with E-state index in [1.807, 2.05) is 24.3 Å². The first kappa shape index (κ1) is 11.0. The average molecular weight is 234 g/mol. The molecule has 1 nitrogen and oxygen atoms in total. The molecule has 1 aliphatic rings. The third-order valence-electron chi connectivity index (χ3n) is 3.48. The van der Waals surface area contributed by atoms with Gasteiger partial charge in [0, 0.05) is 5.57 Å². The summed E-state index contributed by atoms with van der Waals surface area (Å²) in [6.45, 7) is 0. The largest absolute Gasteiger partial charge is 0.298 e. The molecule has 1 aliphatic carbocycles. The number of benzene rings is 2. The maximum absolute atomic E-state index is 11.3. The van der Waals surface area contributed by atoms with E-state index in [-0.39, 0.29) is 0 Å². The smallest absolute Gasteiger partial charge is 0.146 e. The van der Waals surface area contributed by atoms with Gasteiger partial charge in [-0.1, -0.05) is 54.6 Å². The number of allylic oxidation sites excluding steroid dienone is 1. The second-order valence-corrected chi connectivity index (χ2v) is 4.54. The van der Waals surface area contributed by atoms with E-state index in [1.54, 1.807) is 0 Å². The highest BCUT2D eigenvalue weighted by atomic mass is 16.1. The van der Waals surface area contributed by atoms with Crippen molar-refractivity contribution >= 4 is 11.9 Å². The molecule has 0 bridgehead atoms. The van der Waals surface area contributed by atoms with Gasteiger partial charge < -0.3 is 0 Å². The Morgan fingerprint density at radius 1 is 0.833 bits per heavy atom. The van der Waals surface area contributed by atoms with E-state index in [0.717, 1.165) is 35.8 Å². The highest BCUT2D eigenvalue weighted by molar-refractivity contribution is 5.96. The Labute approximate surface area is 107 Å². The SMILES string of the molecule is O=CC1=C(c2ccccc2)c2ccccc2CC1. The molecule has 18 heavy (non-hydrogen) atoms. The van der Waals surface area contributed by atoms with Gasteiger partial charge in [0.2, 0.25) is 0 Å². The van der Waals surface area contributed by atoms with Crippen LogP contribution in [0.1, 0.15) is 23.1 Å². The minimum atomic E-state index is 0.838. The Balaban J connectivity index is 2.25. The lowest BCUT2D eigenvalue weighted by molar-refractivity contribution is -0.105. The van der Waals surface area contributed by atoms with Crippen LogP contribution in [0.15, 0.2) is 60.2 Å². The zero-order valence-electron chi connectivity index (χ0n) is 10.1. The second-order valence-electron chi connectivity index (χ2n) is 4.54. The van der Waals surface area contributed by atoms with Crippen molar-refractivity contribution < 1.29 is 4.79 Å². The fourth-order valence-corrected chi connectivity index (χ4v) is 2.61. The van der Waals surface area contributed by atoms with Crippen LogP contribution in [0.4, 0.5) is 0 Å². The predicted molar refractivity (Wildman–Crippen MR) is 73.3 cm³/mol. The summed E-state index contributed by atoms with van der Waals surface area (Å²) < 4.78 is 0. The summed E-state index contributed by atoms with van der Waals surface area (Å²) in [4.78, 5) is 11.3. The molecular weight excluding hydrogens is 220 g/mol. The van der Waals surface area contributed by atoms with Crippen LogP contribution in [0.25, 0.3) is 5.57 Å². The molecule has 0 aliphatic heterocycles. The number of hydrogen-bond donors (Lipinski definition) is 0. The van der Waals surface area contributed by atoms with Crippen LogP contribution in [-0.4, -0.2) is 6.29 Å². The van der Waals surface area contributed by atoms with Gasteiger partial charge in [0.15, 0.2) is 0 Å². The minimum absolute atomic E-state index is 0.838. The summed E-state index contributed by atoms with van der Waals surface area (Å²) in [5.41, 5.74) is 5.69. The lowest BCUT2D eigenvalue weighted by atomic mass is 9.83. The van der Waals surface area contributed by atoms with Gasteiger partial charge in [-0.15, -0.1) is 0 Å². The van der Waals surface area contributed by atoms with Gasteiger partial charge >= 0.3 is 0 Å². The maximum Gasteiger partial charge on any atom is 0.146 e. The Kier molecular flexibility index (Phi) is 2.81. The monoisotopic (exact) mass is 234 g/mol. The van der Waals surface area contributed by atoms with Crippen LogP contribution >= 0.6 is 0 Å². The molecule has 0 amide bonds. The van der Waals surface area contributed by atoms with E-state index in [0.29, 0.717) is 0 Å². The molecule has 0 radical (unpaired) electrons. The number of carbonyl (C=O) groups is 1. The first-order valence-corrected chi connectivity index (χ1v) is 6.22. The number of fused-ring (bicyclic) bond motifs is 1.